The molecule has 0 heterocycles. The number of carbonyl (C=O) groups is 1. The number of amides is 1. The standard InChI is InChI=1S/C13H15ClN2O3/c1-4-8-15(9(2)3)13(17)10-6-5-7-11(12(10)14)16(18)19/h4-7,9H,1,8H2,2-3H3. The van der Waals surface area contributed by atoms with Crippen LogP contribution in [0.3, 0.4) is 0 Å². The number of nitro groups is 1. The molecule has 102 valence electrons. The van der Waals surface area contributed by atoms with E-state index in [0.29, 0.717) is 6.54 Å². The minimum atomic E-state index is -0.605. The van der Waals surface area contributed by atoms with E-state index in [0.717, 1.165) is 0 Å². The molecule has 1 rings (SSSR count). The molecular weight excluding hydrogens is 268 g/mol. The topological polar surface area (TPSA) is 63.5 Å². The maximum Gasteiger partial charge on any atom is 0.288 e. The van der Waals surface area contributed by atoms with Crippen molar-refractivity contribution in [3.63, 3.8) is 0 Å². The molecule has 1 aromatic rings. The molecule has 0 aromatic heterocycles. The fourth-order valence-corrected chi connectivity index (χ4v) is 1.92. The van der Waals surface area contributed by atoms with Crippen molar-refractivity contribution in [1.29, 1.82) is 0 Å². The zero-order valence-electron chi connectivity index (χ0n) is 10.8. The summed E-state index contributed by atoms with van der Waals surface area (Å²) < 4.78 is 0. The molecule has 0 aliphatic rings. The first kappa shape index (κ1) is 15.2. The van der Waals surface area contributed by atoms with E-state index in [9.17, 15) is 14.9 Å². The van der Waals surface area contributed by atoms with Crippen LogP contribution in [-0.2, 0) is 0 Å². The summed E-state index contributed by atoms with van der Waals surface area (Å²) in [6.45, 7) is 7.66. The maximum absolute atomic E-state index is 12.3. The highest BCUT2D eigenvalue weighted by atomic mass is 35.5. The van der Waals surface area contributed by atoms with Gasteiger partial charge in [0.15, 0.2) is 0 Å². The van der Waals surface area contributed by atoms with Crippen molar-refractivity contribution < 1.29 is 9.72 Å². The Bertz CT molecular complexity index is 515. The van der Waals surface area contributed by atoms with Crippen LogP contribution in [0.5, 0.6) is 0 Å². The van der Waals surface area contributed by atoms with Crippen LogP contribution in [0.4, 0.5) is 5.69 Å². The van der Waals surface area contributed by atoms with Crippen molar-refractivity contribution in [1.82, 2.24) is 4.90 Å². The molecular formula is C13H15ClN2O3. The Hall–Kier alpha value is -1.88. The fourth-order valence-electron chi connectivity index (χ4n) is 1.65. The molecule has 1 amide bonds. The Balaban J connectivity index is 3.22. The predicted molar refractivity (Wildman–Crippen MR) is 74.5 cm³/mol. The van der Waals surface area contributed by atoms with Crippen molar-refractivity contribution in [2.24, 2.45) is 0 Å². The van der Waals surface area contributed by atoms with E-state index in [1.165, 1.54) is 23.1 Å². The van der Waals surface area contributed by atoms with Crippen LogP contribution >= 0.6 is 11.6 Å². The summed E-state index contributed by atoms with van der Waals surface area (Å²) in [5, 5.41) is 10.7. The Morgan fingerprint density at radius 2 is 2.21 bits per heavy atom. The first-order chi connectivity index (χ1) is 8.90. The summed E-state index contributed by atoms with van der Waals surface area (Å²) >= 11 is 5.93. The van der Waals surface area contributed by atoms with Crippen LogP contribution in [0.2, 0.25) is 5.02 Å². The van der Waals surface area contributed by atoms with Crippen LogP contribution in [0.1, 0.15) is 24.2 Å². The van der Waals surface area contributed by atoms with Gasteiger partial charge >= 0.3 is 0 Å². The van der Waals surface area contributed by atoms with Gasteiger partial charge < -0.3 is 4.90 Å². The molecule has 0 N–H and O–H groups in total. The second-order valence-electron chi connectivity index (χ2n) is 4.24. The molecule has 0 radical (unpaired) electrons. The van der Waals surface area contributed by atoms with E-state index in [-0.39, 0.29) is 28.2 Å². The SMILES string of the molecule is C=CCN(C(=O)c1cccc([N+](=O)[O-])c1Cl)C(C)C. The molecule has 0 saturated carbocycles. The molecule has 0 saturated heterocycles. The third-order valence-electron chi connectivity index (χ3n) is 2.62. The van der Waals surface area contributed by atoms with E-state index in [1.807, 2.05) is 13.8 Å². The lowest BCUT2D eigenvalue weighted by molar-refractivity contribution is -0.384. The predicted octanol–water partition coefficient (Wildman–Crippen LogP) is 3.28. The van der Waals surface area contributed by atoms with Gasteiger partial charge in [-0.3, -0.25) is 14.9 Å². The second-order valence-corrected chi connectivity index (χ2v) is 4.61. The van der Waals surface area contributed by atoms with Crippen molar-refractivity contribution in [3.8, 4) is 0 Å². The number of rotatable bonds is 5. The zero-order valence-corrected chi connectivity index (χ0v) is 11.6. The van der Waals surface area contributed by atoms with Gasteiger partial charge in [-0.1, -0.05) is 23.7 Å². The lowest BCUT2D eigenvalue weighted by atomic mass is 10.1. The van der Waals surface area contributed by atoms with Gasteiger partial charge in [0.05, 0.1) is 10.5 Å². The lowest BCUT2D eigenvalue weighted by Crippen LogP contribution is -2.37. The molecule has 0 bridgehead atoms. The van der Waals surface area contributed by atoms with Gasteiger partial charge in [0.2, 0.25) is 0 Å². The average Bonchev–Trinajstić information content (AvgIpc) is 2.34. The molecule has 1 aromatic carbocycles. The monoisotopic (exact) mass is 282 g/mol. The van der Waals surface area contributed by atoms with Crippen LogP contribution in [-0.4, -0.2) is 28.3 Å². The molecule has 0 fully saturated rings. The van der Waals surface area contributed by atoms with Gasteiger partial charge in [-0.25, -0.2) is 0 Å². The number of carbonyl (C=O) groups excluding carboxylic acids is 1. The molecule has 0 aliphatic heterocycles. The molecule has 5 nitrogen and oxygen atoms in total. The Labute approximate surface area is 116 Å². The van der Waals surface area contributed by atoms with E-state index in [2.05, 4.69) is 6.58 Å². The Morgan fingerprint density at radius 1 is 1.58 bits per heavy atom. The Kier molecular flexibility index (Phi) is 5.06. The van der Waals surface area contributed by atoms with Gasteiger partial charge in [-0.15, -0.1) is 6.58 Å². The van der Waals surface area contributed by atoms with E-state index in [4.69, 9.17) is 11.6 Å². The van der Waals surface area contributed by atoms with Crippen molar-refractivity contribution in [2.45, 2.75) is 19.9 Å². The minimum absolute atomic E-state index is 0.0548. The average molecular weight is 283 g/mol. The summed E-state index contributed by atoms with van der Waals surface area (Å²) in [5.41, 5.74) is -0.138. The van der Waals surface area contributed by atoms with Gasteiger partial charge in [-0.2, -0.15) is 0 Å². The number of hydrogen-bond donors (Lipinski definition) is 0. The first-order valence-corrected chi connectivity index (χ1v) is 6.12. The number of halogens is 1. The number of nitrogens with zero attached hydrogens (tertiary/aromatic N) is 2. The smallest absolute Gasteiger partial charge is 0.288 e. The van der Waals surface area contributed by atoms with Crippen molar-refractivity contribution >= 4 is 23.2 Å². The molecule has 19 heavy (non-hydrogen) atoms. The van der Waals surface area contributed by atoms with E-state index < -0.39 is 4.92 Å². The van der Waals surface area contributed by atoms with Crippen LogP contribution < -0.4 is 0 Å². The molecule has 0 atom stereocenters. The summed E-state index contributed by atoms with van der Waals surface area (Å²) in [5.74, 6) is -0.344. The molecule has 6 heteroatoms. The van der Waals surface area contributed by atoms with Gasteiger partial charge in [-0.05, 0) is 19.9 Å². The van der Waals surface area contributed by atoms with Crippen LogP contribution in [0.15, 0.2) is 30.9 Å². The summed E-state index contributed by atoms with van der Waals surface area (Å²) in [4.78, 5) is 24.1. The van der Waals surface area contributed by atoms with E-state index >= 15 is 0 Å². The minimum Gasteiger partial charge on any atom is -0.332 e. The van der Waals surface area contributed by atoms with Crippen LogP contribution in [0, 0.1) is 10.1 Å². The third kappa shape index (κ3) is 3.32. The van der Waals surface area contributed by atoms with Crippen molar-refractivity contribution in [3.05, 3.63) is 51.6 Å². The highest BCUT2D eigenvalue weighted by molar-refractivity contribution is 6.35. The lowest BCUT2D eigenvalue weighted by Gasteiger charge is -2.25. The Morgan fingerprint density at radius 3 is 2.68 bits per heavy atom. The molecule has 0 unspecified atom stereocenters. The first-order valence-electron chi connectivity index (χ1n) is 5.75. The number of hydrogen-bond acceptors (Lipinski definition) is 3. The largest absolute Gasteiger partial charge is 0.332 e. The second kappa shape index (κ2) is 6.33. The summed E-state index contributed by atoms with van der Waals surface area (Å²) in [6, 6.07) is 4.15. The fraction of sp³-hybridized carbons (Fsp3) is 0.308. The highest BCUT2D eigenvalue weighted by Gasteiger charge is 2.24. The van der Waals surface area contributed by atoms with Crippen LogP contribution in [0.25, 0.3) is 0 Å². The van der Waals surface area contributed by atoms with Gasteiger partial charge in [0.1, 0.15) is 5.02 Å². The third-order valence-corrected chi connectivity index (χ3v) is 3.01. The number of nitro benzene ring substituents is 1. The normalized spacial score (nSPS) is 10.3. The van der Waals surface area contributed by atoms with Gasteiger partial charge in [0, 0.05) is 18.7 Å². The summed E-state index contributed by atoms with van der Waals surface area (Å²) in [6.07, 6.45) is 1.60. The molecule has 0 aliphatic carbocycles. The number of benzene rings is 1. The van der Waals surface area contributed by atoms with E-state index in [1.54, 1.807) is 6.08 Å². The van der Waals surface area contributed by atoms with Crippen molar-refractivity contribution in [2.75, 3.05) is 6.54 Å². The quantitative estimate of drug-likeness (QED) is 0.473. The highest BCUT2D eigenvalue weighted by Crippen LogP contribution is 2.28. The van der Waals surface area contributed by atoms with Gasteiger partial charge in [0.25, 0.3) is 11.6 Å². The summed E-state index contributed by atoms with van der Waals surface area (Å²) in [7, 11) is 0. The maximum atomic E-state index is 12.3. The zero-order chi connectivity index (χ0) is 14.6. The molecule has 0 spiro atoms.